The molecule has 1 aromatic carbocycles. The summed E-state index contributed by atoms with van der Waals surface area (Å²) in [4.78, 5) is 27.8. The molecule has 3 unspecified atom stereocenters. The molecule has 2 amide bonds. The Morgan fingerprint density at radius 1 is 1.14 bits per heavy atom. The van der Waals surface area contributed by atoms with E-state index in [9.17, 15) is 9.59 Å². The Hall–Kier alpha value is -1.59. The summed E-state index contributed by atoms with van der Waals surface area (Å²) in [5.74, 6) is 1.39. The van der Waals surface area contributed by atoms with E-state index in [1.807, 2.05) is 30.0 Å². The second kappa shape index (κ2) is 8.65. The number of benzene rings is 1. The number of halogens is 1. The SMILES string of the molecule is Cc1ccc(C(=O)N2CC(C)CC(C)C2)cc1NC(=O)C1CC12CCNCC2.Cl. The molecule has 0 aromatic heterocycles. The molecule has 3 aliphatic rings. The topological polar surface area (TPSA) is 61.4 Å². The van der Waals surface area contributed by atoms with E-state index in [0.29, 0.717) is 17.4 Å². The summed E-state index contributed by atoms with van der Waals surface area (Å²) in [5.41, 5.74) is 2.68. The lowest BCUT2D eigenvalue weighted by Crippen LogP contribution is -2.42. The molecule has 6 heteroatoms. The lowest BCUT2D eigenvalue weighted by atomic mass is 9.91. The normalized spacial score (nSPS) is 27.8. The number of hydrogen-bond donors (Lipinski definition) is 2. The van der Waals surface area contributed by atoms with Gasteiger partial charge in [-0.1, -0.05) is 19.9 Å². The smallest absolute Gasteiger partial charge is 0.253 e. The van der Waals surface area contributed by atoms with Crippen LogP contribution in [-0.4, -0.2) is 42.9 Å². The quantitative estimate of drug-likeness (QED) is 0.781. The number of anilines is 1. The number of piperidine rings is 2. The number of amides is 2. The Balaban J connectivity index is 0.00000240. The van der Waals surface area contributed by atoms with Crippen molar-refractivity contribution in [2.45, 2.75) is 46.5 Å². The zero-order chi connectivity index (χ0) is 19.9. The maximum Gasteiger partial charge on any atom is 0.253 e. The highest BCUT2D eigenvalue weighted by Gasteiger charge is 2.57. The predicted molar refractivity (Wildman–Crippen MR) is 119 cm³/mol. The van der Waals surface area contributed by atoms with Crippen LogP contribution in [0.4, 0.5) is 5.69 Å². The molecule has 2 heterocycles. The first kappa shape index (κ1) is 22.1. The summed E-state index contributed by atoms with van der Waals surface area (Å²) in [6.07, 6.45) is 4.36. The van der Waals surface area contributed by atoms with Crippen LogP contribution < -0.4 is 10.6 Å². The van der Waals surface area contributed by atoms with Crippen LogP contribution in [-0.2, 0) is 4.79 Å². The Bertz CT molecular complexity index is 765. The van der Waals surface area contributed by atoms with Gasteiger partial charge >= 0.3 is 0 Å². The highest BCUT2D eigenvalue weighted by atomic mass is 35.5. The maximum absolute atomic E-state index is 13.0. The minimum Gasteiger partial charge on any atom is -0.338 e. The van der Waals surface area contributed by atoms with Crippen LogP contribution in [0, 0.1) is 30.1 Å². The van der Waals surface area contributed by atoms with E-state index >= 15 is 0 Å². The van der Waals surface area contributed by atoms with Gasteiger partial charge in [0.2, 0.25) is 5.91 Å². The van der Waals surface area contributed by atoms with E-state index in [-0.39, 0.29) is 35.6 Å². The van der Waals surface area contributed by atoms with Crippen LogP contribution in [0.25, 0.3) is 0 Å². The van der Waals surface area contributed by atoms with Crippen molar-refractivity contribution in [1.82, 2.24) is 10.2 Å². The van der Waals surface area contributed by atoms with Crippen LogP contribution >= 0.6 is 12.4 Å². The summed E-state index contributed by atoms with van der Waals surface area (Å²) in [6, 6.07) is 5.71. The van der Waals surface area contributed by atoms with Crippen LogP contribution in [0.5, 0.6) is 0 Å². The molecule has 3 atom stereocenters. The average molecular weight is 420 g/mol. The average Bonchev–Trinajstić information content (AvgIpc) is 3.35. The number of carbonyl (C=O) groups excluding carboxylic acids is 2. The van der Waals surface area contributed by atoms with Gasteiger partial charge in [0.25, 0.3) is 5.91 Å². The molecule has 2 aliphatic heterocycles. The minimum atomic E-state index is 0. The van der Waals surface area contributed by atoms with Crippen molar-refractivity contribution in [3.63, 3.8) is 0 Å². The van der Waals surface area contributed by atoms with Gasteiger partial charge < -0.3 is 15.5 Å². The second-order valence-corrected chi connectivity index (χ2v) is 9.54. The minimum absolute atomic E-state index is 0. The van der Waals surface area contributed by atoms with Gasteiger partial charge in [-0.2, -0.15) is 0 Å². The number of aryl methyl sites for hydroxylation is 1. The van der Waals surface area contributed by atoms with Crippen LogP contribution in [0.3, 0.4) is 0 Å². The monoisotopic (exact) mass is 419 g/mol. The van der Waals surface area contributed by atoms with Crippen molar-refractivity contribution in [3.8, 4) is 0 Å². The van der Waals surface area contributed by atoms with Gasteiger partial charge in [-0.3, -0.25) is 9.59 Å². The van der Waals surface area contributed by atoms with E-state index in [2.05, 4.69) is 24.5 Å². The molecular weight excluding hydrogens is 386 g/mol. The molecule has 2 saturated heterocycles. The van der Waals surface area contributed by atoms with Crippen molar-refractivity contribution in [2.75, 3.05) is 31.5 Å². The first-order valence-corrected chi connectivity index (χ1v) is 10.8. The lowest BCUT2D eigenvalue weighted by molar-refractivity contribution is -0.118. The third-order valence-corrected chi connectivity index (χ3v) is 7.00. The van der Waals surface area contributed by atoms with Crippen molar-refractivity contribution in [2.24, 2.45) is 23.2 Å². The van der Waals surface area contributed by atoms with E-state index in [1.54, 1.807) is 0 Å². The highest BCUT2D eigenvalue weighted by Crippen LogP contribution is 2.58. The van der Waals surface area contributed by atoms with E-state index in [0.717, 1.165) is 56.7 Å². The van der Waals surface area contributed by atoms with E-state index < -0.39 is 0 Å². The van der Waals surface area contributed by atoms with Crippen molar-refractivity contribution in [3.05, 3.63) is 29.3 Å². The number of hydrogen-bond acceptors (Lipinski definition) is 3. The molecule has 1 aromatic rings. The molecule has 2 N–H and O–H groups in total. The fourth-order valence-corrected chi connectivity index (χ4v) is 5.32. The number of likely N-dealkylation sites (tertiary alicyclic amines) is 1. The third-order valence-electron chi connectivity index (χ3n) is 7.00. The highest BCUT2D eigenvalue weighted by molar-refractivity contribution is 5.99. The second-order valence-electron chi connectivity index (χ2n) is 9.54. The van der Waals surface area contributed by atoms with Crippen molar-refractivity contribution in [1.29, 1.82) is 0 Å². The molecule has 1 aliphatic carbocycles. The van der Waals surface area contributed by atoms with Crippen molar-refractivity contribution < 1.29 is 9.59 Å². The van der Waals surface area contributed by atoms with Crippen LogP contribution in [0.15, 0.2) is 18.2 Å². The summed E-state index contributed by atoms with van der Waals surface area (Å²) >= 11 is 0. The maximum atomic E-state index is 13.0. The predicted octanol–water partition coefficient (Wildman–Crippen LogP) is 3.86. The van der Waals surface area contributed by atoms with Crippen LogP contribution in [0.2, 0.25) is 0 Å². The van der Waals surface area contributed by atoms with Gasteiger partial charge in [0, 0.05) is 30.3 Å². The molecule has 0 bridgehead atoms. The Kier molecular flexibility index (Phi) is 6.59. The summed E-state index contributed by atoms with van der Waals surface area (Å²) in [6.45, 7) is 10.1. The van der Waals surface area contributed by atoms with E-state index in [4.69, 9.17) is 0 Å². The van der Waals surface area contributed by atoms with Gasteiger partial charge in [0.05, 0.1) is 0 Å². The lowest BCUT2D eigenvalue weighted by Gasteiger charge is -2.35. The molecule has 0 radical (unpaired) electrons. The number of nitrogens with zero attached hydrogens (tertiary/aromatic N) is 1. The summed E-state index contributed by atoms with van der Waals surface area (Å²) in [7, 11) is 0. The molecular formula is C23H34ClN3O2. The number of nitrogens with one attached hydrogen (secondary N) is 2. The van der Waals surface area contributed by atoms with E-state index in [1.165, 1.54) is 6.42 Å². The molecule has 5 nitrogen and oxygen atoms in total. The van der Waals surface area contributed by atoms with Gasteiger partial charge in [-0.05, 0) is 80.6 Å². The molecule has 3 fully saturated rings. The Morgan fingerprint density at radius 3 is 2.45 bits per heavy atom. The van der Waals surface area contributed by atoms with Gasteiger partial charge in [0.15, 0.2) is 0 Å². The number of rotatable bonds is 3. The summed E-state index contributed by atoms with van der Waals surface area (Å²) < 4.78 is 0. The van der Waals surface area contributed by atoms with Gasteiger partial charge in [0.1, 0.15) is 0 Å². The first-order chi connectivity index (χ1) is 13.4. The zero-order valence-corrected chi connectivity index (χ0v) is 18.6. The van der Waals surface area contributed by atoms with Crippen LogP contribution in [0.1, 0.15) is 55.5 Å². The van der Waals surface area contributed by atoms with Gasteiger partial charge in [-0.25, -0.2) is 0 Å². The standard InChI is InChI=1S/C23H33N3O2.ClH/c1-15-10-16(2)14-26(13-15)22(28)18-5-4-17(3)20(11-18)25-21(27)19-12-23(19)6-8-24-9-7-23;/h4-5,11,15-16,19,24H,6-10,12-14H2,1-3H3,(H,25,27);1H. The third kappa shape index (κ3) is 4.61. The number of carbonyl (C=O) groups is 2. The van der Waals surface area contributed by atoms with Gasteiger partial charge in [-0.15, -0.1) is 12.4 Å². The van der Waals surface area contributed by atoms with Crippen molar-refractivity contribution >= 4 is 29.9 Å². The molecule has 160 valence electrons. The Morgan fingerprint density at radius 2 is 1.79 bits per heavy atom. The first-order valence-electron chi connectivity index (χ1n) is 10.8. The summed E-state index contributed by atoms with van der Waals surface area (Å²) in [5, 5.41) is 6.51. The Labute approximate surface area is 180 Å². The largest absolute Gasteiger partial charge is 0.338 e. The zero-order valence-electron chi connectivity index (χ0n) is 17.8. The molecule has 29 heavy (non-hydrogen) atoms. The molecule has 1 spiro atoms. The molecule has 1 saturated carbocycles. The fraction of sp³-hybridized carbons (Fsp3) is 0.652. The molecule has 4 rings (SSSR count). The fourth-order valence-electron chi connectivity index (χ4n) is 5.32.